The Labute approximate surface area is 192 Å². The van der Waals surface area contributed by atoms with Crippen molar-refractivity contribution in [2.24, 2.45) is 0 Å². The lowest BCUT2D eigenvalue weighted by Gasteiger charge is -2.35. The highest BCUT2D eigenvalue weighted by atomic mass is 19.4. The van der Waals surface area contributed by atoms with Crippen molar-refractivity contribution in [3.63, 3.8) is 0 Å². The molecule has 1 N–H and O–H groups in total. The zero-order valence-electron chi connectivity index (χ0n) is 18.4. The van der Waals surface area contributed by atoms with E-state index in [9.17, 15) is 38.2 Å². The Bertz CT molecular complexity index is 1130. The maximum absolute atomic E-state index is 12.9. The maximum Gasteiger partial charge on any atom is 0.416 e. The van der Waals surface area contributed by atoms with Crippen LogP contribution in [0.3, 0.4) is 0 Å². The van der Waals surface area contributed by atoms with Crippen LogP contribution in [0.5, 0.6) is 0 Å². The molecule has 1 saturated heterocycles. The number of alkyl halides is 3. The summed E-state index contributed by atoms with van der Waals surface area (Å²) in [5.41, 5.74) is -0.270. The molecule has 3 rings (SSSR count). The maximum atomic E-state index is 12.9. The van der Waals surface area contributed by atoms with Crippen LogP contribution >= 0.6 is 0 Å². The summed E-state index contributed by atoms with van der Waals surface area (Å²) in [7, 11) is 0. The van der Waals surface area contributed by atoms with E-state index in [1.165, 1.54) is 12.1 Å². The molecular formula is C21H22F3N5O5. The number of benzene rings is 2. The number of carbonyl (C=O) groups is 1. The predicted molar refractivity (Wildman–Crippen MR) is 118 cm³/mol. The number of carbonyl (C=O) groups excluding carboxylic acids is 1. The second-order valence-corrected chi connectivity index (χ2v) is 7.98. The third-order valence-corrected chi connectivity index (χ3v) is 5.66. The number of hydrogen-bond acceptors (Lipinski definition) is 7. The van der Waals surface area contributed by atoms with Crippen LogP contribution in [0.15, 0.2) is 30.3 Å². The summed E-state index contributed by atoms with van der Waals surface area (Å²) in [5.74, 6) is -0.458. The van der Waals surface area contributed by atoms with Gasteiger partial charge in [0, 0.05) is 38.3 Å². The van der Waals surface area contributed by atoms with Crippen LogP contribution in [-0.4, -0.2) is 53.4 Å². The normalized spacial score (nSPS) is 14.7. The highest BCUT2D eigenvalue weighted by Gasteiger charge is 2.34. The van der Waals surface area contributed by atoms with Gasteiger partial charge in [0.1, 0.15) is 11.4 Å². The summed E-state index contributed by atoms with van der Waals surface area (Å²) in [6.45, 7) is 4.59. The molecule has 10 nitrogen and oxygen atoms in total. The molecule has 1 fully saturated rings. The van der Waals surface area contributed by atoms with Crippen molar-refractivity contribution >= 4 is 28.7 Å². The predicted octanol–water partition coefficient (Wildman–Crippen LogP) is 3.90. The lowest BCUT2D eigenvalue weighted by atomic mass is 10.1. The topological polar surface area (TPSA) is 122 Å². The number of aryl methyl sites for hydroxylation is 2. The molecule has 0 atom stereocenters. The summed E-state index contributed by atoms with van der Waals surface area (Å²) < 4.78 is 38.8. The molecule has 182 valence electrons. The van der Waals surface area contributed by atoms with Crippen LogP contribution in [0, 0.1) is 34.1 Å². The lowest BCUT2D eigenvalue weighted by Crippen LogP contribution is -2.48. The summed E-state index contributed by atoms with van der Waals surface area (Å²) in [6.07, 6.45) is -4.69. The van der Waals surface area contributed by atoms with Gasteiger partial charge in [-0.15, -0.1) is 0 Å². The van der Waals surface area contributed by atoms with Gasteiger partial charge in [0.2, 0.25) is 5.91 Å². The number of hydrogen-bond donors (Lipinski definition) is 1. The summed E-state index contributed by atoms with van der Waals surface area (Å²) in [6, 6.07) is 5.33. The first-order valence-electron chi connectivity index (χ1n) is 10.2. The highest BCUT2D eigenvalue weighted by Crippen LogP contribution is 2.36. The van der Waals surface area contributed by atoms with Crippen molar-refractivity contribution < 1.29 is 27.8 Å². The molecule has 34 heavy (non-hydrogen) atoms. The van der Waals surface area contributed by atoms with Gasteiger partial charge < -0.3 is 10.2 Å². The Morgan fingerprint density at radius 3 is 2.12 bits per heavy atom. The Hall–Kier alpha value is -3.74. The monoisotopic (exact) mass is 481 g/mol. The number of rotatable bonds is 6. The van der Waals surface area contributed by atoms with E-state index in [4.69, 9.17) is 0 Å². The third-order valence-electron chi connectivity index (χ3n) is 5.66. The van der Waals surface area contributed by atoms with Crippen molar-refractivity contribution in [3.05, 3.63) is 67.3 Å². The van der Waals surface area contributed by atoms with Gasteiger partial charge >= 0.3 is 6.18 Å². The quantitative estimate of drug-likeness (QED) is 0.491. The minimum Gasteiger partial charge on any atom is -0.363 e. The van der Waals surface area contributed by atoms with Crippen molar-refractivity contribution in [1.29, 1.82) is 0 Å². The first-order valence-corrected chi connectivity index (χ1v) is 10.2. The Kier molecular flexibility index (Phi) is 7.05. The van der Waals surface area contributed by atoms with Crippen LogP contribution in [0.4, 0.5) is 35.9 Å². The van der Waals surface area contributed by atoms with E-state index in [0.717, 1.165) is 23.3 Å². The minimum absolute atomic E-state index is 0.0625. The molecule has 0 unspecified atom stereocenters. The van der Waals surface area contributed by atoms with Crippen molar-refractivity contribution in [3.8, 4) is 0 Å². The molecule has 1 heterocycles. The molecule has 0 aliphatic carbocycles. The number of nitro benzene ring substituents is 2. The number of halogens is 3. The van der Waals surface area contributed by atoms with Crippen LogP contribution in [0.2, 0.25) is 0 Å². The fourth-order valence-corrected chi connectivity index (χ4v) is 3.71. The second-order valence-electron chi connectivity index (χ2n) is 7.98. The Morgan fingerprint density at radius 2 is 1.56 bits per heavy atom. The fourth-order valence-electron chi connectivity index (χ4n) is 3.71. The Morgan fingerprint density at radius 1 is 0.971 bits per heavy atom. The van der Waals surface area contributed by atoms with Crippen LogP contribution in [0.25, 0.3) is 0 Å². The molecule has 0 bridgehead atoms. The van der Waals surface area contributed by atoms with Gasteiger partial charge in [0.05, 0.1) is 22.0 Å². The summed E-state index contributed by atoms with van der Waals surface area (Å²) in [5, 5.41) is 25.2. The van der Waals surface area contributed by atoms with Gasteiger partial charge in [0.25, 0.3) is 11.4 Å². The van der Waals surface area contributed by atoms with Gasteiger partial charge in [-0.25, -0.2) is 0 Å². The van der Waals surface area contributed by atoms with E-state index in [0.29, 0.717) is 19.2 Å². The lowest BCUT2D eigenvalue weighted by molar-refractivity contribution is -0.384. The van der Waals surface area contributed by atoms with Crippen LogP contribution < -0.4 is 10.2 Å². The SMILES string of the molecule is Cc1cc(NC(=O)CN2CCN(c3ccc(C(F)(F)F)cc3[N+](=O)[O-])CC2)c([N+](=O)[O-])cc1C. The molecule has 0 saturated carbocycles. The number of nitro groups is 2. The number of amides is 1. The average molecular weight is 481 g/mol. The number of nitrogens with one attached hydrogen (secondary N) is 1. The van der Waals surface area contributed by atoms with Crippen LogP contribution in [0.1, 0.15) is 16.7 Å². The molecule has 1 amide bonds. The van der Waals surface area contributed by atoms with Gasteiger partial charge in [-0.05, 0) is 43.2 Å². The van der Waals surface area contributed by atoms with Crippen molar-refractivity contribution in [1.82, 2.24) is 4.90 Å². The fraction of sp³-hybridized carbons (Fsp3) is 0.381. The molecule has 0 spiro atoms. The van der Waals surface area contributed by atoms with E-state index >= 15 is 0 Å². The molecule has 1 aliphatic heterocycles. The smallest absolute Gasteiger partial charge is 0.363 e. The molecule has 2 aromatic carbocycles. The third kappa shape index (κ3) is 5.60. The van der Waals surface area contributed by atoms with Gasteiger partial charge in [-0.3, -0.25) is 29.9 Å². The molecule has 1 aliphatic rings. The van der Waals surface area contributed by atoms with E-state index in [2.05, 4.69) is 5.32 Å². The van der Waals surface area contributed by atoms with Gasteiger partial charge in [0.15, 0.2) is 0 Å². The summed E-state index contributed by atoms with van der Waals surface area (Å²) >= 11 is 0. The van der Waals surface area contributed by atoms with Crippen LogP contribution in [-0.2, 0) is 11.0 Å². The molecule has 13 heteroatoms. The summed E-state index contributed by atoms with van der Waals surface area (Å²) in [4.78, 5) is 37.1. The van der Waals surface area contributed by atoms with Crippen molar-refractivity contribution in [2.75, 3.05) is 42.9 Å². The van der Waals surface area contributed by atoms with Gasteiger partial charge in [-0.1, -0.05) is 0 Å². The van der Waals surface area contributed by atoms with E-state index in [1.807, 2.05) is 0 Å². The first-order chi connectivity index (χ1) is 15.9. The standard InChI is InChI=1S/C21H22F3N5O5/c1-13-9-16(18(28(31)32)10-14(13)2)25-20(30)12-26-5-7-27(8-6-26)17-4-3-15(21(22,23)24)11-19(17)29(33)34/h3-4,9-11H,5-8,12H2,1-2H3,(H,25,30). The van der Waals surface area contributed by atoms with E-state index < -0.39 is 33.2 Å². The van der Waals surface area contributed by atoms with E-state index in [-0.39, 0.29) is 36.7 Å². The molecule has 0 aromatic heterocycles. The zero-order valence-corrected chi connectivity index (χ0v) is 18.4. The van der Waals surface area contributed by atoms with Gasteiger partial charge in [-0.2, -0.15) is 13.2 Å². The minimum atomic E-state index is -4.69. The molecular weight excluding hydrogens is 459 g/mol. The Balaban J connectivity index is 1.65. The zero-order chi connectivity index (χ0) is 25.2. The number of nitrogens with zero attached hydrogens (tertiary/aromatic N) is 4. The van der Waals surface area contributed by atoms with E-state index in [1.54, 1.807) is 23.6 Å². The first kappa shape index (κ1) is 24.9. The number of piperazine rings is 1. The highest BCUT2D eigenvalue weighted by molar-refractivity contribution is 5.94. The molecule has 0 radical (unpaired) electrons. The molecule has 2 aromatic rings. The van der Waals surface area contributed by atoms with Crippen molar-refractivity contribution in [2.45, 2.75) is 20.0 Å². The largest absolute Gasteiger partial charge is 0.416 e. The number of anilines is 2. The second kappa shape index (κ2) is 9.63. The average Bonchev–Trinajstić information content (AvgIpc) is 2.75.